The molecule has 2 aromatic rings. The van der Waals surface area contributed by atoms with Gasteiger partial charge in [-0.25, -0.2) is 0 Å². The molecular weight excluding hydrogens is 656 g/mol. The van der Waals surface area contributed by atoms with E-state index in [1.165, 1.54) is 11.0 Å². The van der Waals surface area contributed by atoms with E-state index in [1.807, 2.05) is 30.3 Å². The molecule has 3 saturated carbocycles. The lowest BCUT2D eigenvalue weighted by atomic mass is 9.62. The van der Waals surface area contributed by atoms with E-state index < -0.39 is 47.6 Å². The van der Waals surface area contributed by atoms with Gasteiger partial charge in [0.15, 0.2) is 11.8 Å². The lowest BCUT2D eigenvalue weighted by Gasteiger charge is -2.48. The van der Waals surface area contributed by atoms with Crippen molar-refractivity contribution in [1.29, 1.82) is 0 Å². The number of hydrogen-bond acceptors (Lipinski definition) is 10. The molecule has 3 aliphatic carbocycles. The smallest absolute Gasteiger partial charge is 0.327 e. The van der Waals surface area contributed by atoms with Crippen molar-refractivity contribution in [2.75, 3.05) is 27.2 Å². The average molecular weight is 701 g/mol. The molecule has 3 amide bonds. The molecule has 6 atom stereocenters. The standard InChI is InChI=1S/C38H44N4O9/c1-41(2)29(44)14-9-22-5-3-7-24(17-22)21-42-32-35(46)48-28-19-37(32,36(47)40-20-23-6-4-8-25(18-23)34(45)39-15-16-43)33(51-42)31-30(28)49-38(50-31,26-10-11-26)27-12-13-27/h3-9,14,17-18,26-28,30-33,43H,10-13,15-16,19-21H2,1-2H3,(H,39,45)(H,40,47)/t28-,30+,31+,32+,33-,37+/m1/s1. The number of amides is 3. The molecule has 51 heavy (non-hydrogen) atoms. The molecule has 3 saturated heterocycles. The molecule has 0 radical (unpaired) electrons. The van der Waals surface area contributed by atoms with Gasteiger partial charge in [-0.1, -0.05) is 36.4 Å². The Bertz CT molecular complexity index is 1740. The number of likely N-dealkylation sites (N-methyl/N-ethyl adjacent to an activating group) is 1. The molecule has 3 N–H and O–H groups in total. The van der Waals surface area contributed by atoms with Crippen LogP contribution >= 0.6 is 0 Å². The number of hydroxylamine groups is 2. The molecule has 2 bridgehead atoms. The van der Waals surface area contributed by atoms with Crippen molar-refractivity contribution in [3.8, 4) is 0 Å². The van der Waals surface area contributed by atoms with Crippen LogP contribution in [0.5, 0.6) is 0 Å². The predicted molar refractivity (Wildman–Crippen MR) is 181 cm³/mol. The van der Waals surface area contributed by atoms with Gasteiger partial charge in [0.1, 0.15) is 29.8 Å². The van der Waals surface area contributed by atoms with Crippen LogP contribution in [0.15, 0.2) is 54.6 Å². The van der Waals surface area contributed by atoms with Gasteiger partial charge in [0, 0.05) is 57.1 Å². The number of carbonyl (C=O) groups excluding carboxylic acids is 4. The summed E-state index contributed by atoms with van der Waals surface area (Å²) in [7, 11) is 3.37. The number of hydrogen-bond donors (Lipinski definition) is 3. The molecule has 3 aliphatic heterocycles. The first-order valence-electron chi connectivity index (χ1n) is 17.9. The zero-order valence-electron chi connectivity index (χ0n) is 28.8. The minimum absolute atomic E-state index is 0.112. The fraction of sp³-hybridized carbons (Fsp3) is 0.526. The molecule has 6 aliphatic rings. The normalized spacial score (nSPS) is 30.5. The second-order valence-electron chi connectivity index (χ2n) is 14.8. The van der Waals surface area contributed by atoms with Crippen molar-refractivity contribution >= 4 is 29.8 Å². The van der Waals surface area contributed by atoms with E-state index in [9.17, 15) is 19.2 Å². The first kappa shape index (κ1) is 34.0. The van der Waals surface area contributed by atoms with E-state index in [4.69, 9.17) is 24.2 Å². The highest BCUT2D eigenvalue weighted by Crippen LogP contribution is 2.63. The molecular formula is C38H44N4O9. The third kappa shape index (κ3) is 6.04. The summed E-state index contributed by atoms with van der Waals surface area (Å²) in [5, 5.41) is 16.4. The molecule has 0 unspecified atom stereocenters. The van der Waals surface area contributed by atoms with Gasteiger partial charge >= 0.3 is 5.97 Å². The average Bonchev–Trinajstić information content (AvgIpc) is 4.08. The summed E-state index contributed by atoms with van der Waals surface area (Å²) in [4.78, 5) is 61.7. The van der Waals surface area contributed by atoms with E-state index in [1.54, 1.807) is 43.4 Å². The highest BCUT2D eigenvalue weighted by Gasteiger charge is 2.78. The number of esters is 1. The molecule has 13 heteroatoms. The predicted octanol–water partition coefficient (Wildman–Crippen LogP) is 1.93. The van der Waals surface area contributed by atoms with Crippen LogP contribution in [0.2, 0.25) is 0 Å². The number of aliphatic hydroxyl groups excluding tert-OH is 1. The van der Waals surface area contributed by atoms with E-state index >= 15 is 0 Å². The molecule has 3 heterocycles. The van der Waals surface area contributed by atoms with Crippen molar-refractivity contribution < 1.29 is 43.3 Å². The maximum atomic E-state index is 14.7. The Labute approximate surface area is 296 Å². The fourth-order valence-corrected chi connectivity index (χ4v) is 8.40. The third-order valence-electron chi connectivity index (χ3n) is 11.1. The van der Waals surface area contributed by atoms with Crippen molar-refractivity contribution in [3.63, 3.8) is 0 Å². The lowest BCUT2D eigenvalue weighted by Crippen LogP contribution is -2.69. The second kappa shape index (κ2) is 13.1. The highest BCUT2D eigenvalue weighted by atomic mass is 16.8. The minimum atomic E-state index is -1.33. The van der Waals surface area contributed by atoms with E-state index in [0.29, 0.717) is 11.1 Å². The summed E-state index contributed by atoms with van der Waals surface area (Å²) in [6.45, 7) is 0.250. The number of nitrogens with one attached hydrogen (secondary N) is 2. The molecule has 0 aromatic heterocycles. The Morgan fingerprint density at radius 1 is 0.980 bits per heavy atom. The van der Waals surface area contributed by atoms with Crippen LogP contribution in [0.4, 0.5) is 0 Å². The Balaban J connectivity index is 1.10. The van der Waals surface area contributed by atoms with Crippen LogP contribution in [0.1, 0.15) is 59.2 Å². The summed E-state index contributed by atoms with van der Waals surface area (Å²) < 4.78 is 19.9. The van der Waals surface area contributed by atoms with Crippen molar-refractivity contribution in [2.24, 2.45) is 17.3 Å². The number of nitrogens with zero attached hydrogens (tertiary/aromatic N) is 2. The number of aliphatic hydroxyl groups is 1. The Morgan fingerprint density at radius 2 is 1.71 bits per heavy atom. The fourth-order valence-electron chi connectivity index (χ4n) is 8.40. The SMILES string of the molecule is CN(C)C(=O)C=Cc1cccc(CN2O[C@@H]3[C@H]4OC(C5CC5)(C5CC5)O[C@H]4[C@H]4C[C@]3(C(=O)NCc3cccc(C(=O)NCCO)c3)[C@@H]2C(=O)O4)c1. The van der Waals surface area contributed by atoms with Crippen molar-refractivity contribution in [3.05, 3.63) is 76.9 Å². The van der Waals surface area contributed by atoms with Crippen LogP contribution in [0.25, 0.3) is 6.08 Å². The largest absolute Gasteiger partial charge is 0.458 e. The summed E-state index contributed by atoms with van der Waals surface area (Å²) >= 11 is 0. The van der Waals surface area contributed by atoms with E-state index in [0.717, 1.165) is 36.8 Å². The summed E-state index contributed by atoms with van der Waals surface area (Å²) in [6.07, 6.45) is 4.81. The Hall–Kier alpha value is -4.14. The van der Waals surface area contributed by atoms with Gasteiger partial charge in [-0.3, -0.25) is 24.0 Å². The number of benzene rings is 2. The molecule has 6 fully saturated rings. The van der Waals surface area contributed by atoms with Crippen molar-refractivity contribution in [1.82, 2.24) is 20.6 Å². The van der Waals surface area contributed by atoms with Crippen LogP contribution in [0, 0.1) is 17.3 Å². The summed E-state index contributed by atoms with van der Waals surface area (Å²) in [6, 6.07) is 13.4. The third-order valence-corrected chi connectivity index (χ3v) is 11.1. The maximum absolute atomic E-state index is 14.7. The van der Waals surface area contributed by atoms with Gasteiger partial charge in [0.05, 0.1) is 13.2 Å². The number of carbonyl (C=O) groups is 4. The first-order chi connectivity index (χ1) is 24.6. The maximum Gasteiger partial charge on any atom is 0.327 e. The van der Waals surface area contributed by atoms with Gasteiger partial charge in [-0.15, -0.1) is 0 Å². The zero-order valence-corrected chi connectivity index (χ0v) is 28.8. The number of rotatable bonds is 12. The molecule has 2 aromatic carbocycles. The Morgan fingerprint density at radius 3 is 2.43 bits per heavy atom. The van der Waals surface area contributed by atoms with E-state index in [2.05, 4.69) is 10.6 Å². The Kier molecular flexibility index (Phi) is 8.74. The van der Waals surface area contributed by atoms with Crippen LogP contribution in [0.3, 0.4) is 0 Å². The summed E-state index contributed by atoms with van der Waals surface area (Å²) in [5.41, 5.74) is 1.39. The van der Waals surface area contributed by atoms with Gasteiger partial charge in [-0.2, -0.15) is 5.06 Å². The van der Waals surface area contributed by atoms with Crippen LogP contribution < -0.4 is 10.6 Å². The molecule has 0 spiro atoms. The quantitative estimate of drug-likeness (QED) is 0.221. The second-order valence-corrected chi connectivity index (χ2v) is 14.8. The van der Waals surface area contributed by atoms with Crippen molar-refractivity contribution in [2.45, 2.75) is 81.4 Å². The number of fused-ring (bicyclic) bond motifs is 4. The van der Waals surface area contributed by atoms with Crippen LogP contribution in [-0.4, -0.2) is 102 Å². The van der Waals surface area contributed by atoms with Gasteiger partial charge in [0.2, 0.25) is 11.8 Å². The van der Waals surface area contributed by atoms with Gasteiger partial charge < -0.3 is 34.9 Å². The molecule has 13 nitrogen and oxygen atoms in total. The molecule has 270 valence electrons. The monoisotopic (exact) mass is 700 g/mol. The lowest BCUT2D eigenvalue weighted by molar-refractivity contribution is -0.235. The summed E-state index contributed by atoms with van der Waals surface area (Å²) in [5.74, 6) is -1.60. The number of ether oxygens (including phenoxy) is 3. The van der Waals surface area contributed by atoms with E-state index in [-0.39, 0.29) is 62.2 Å². The highest BCUT2D eigenvalue weighted by molar-refractivity contribution is 5.95. The van der Waals surface area contributed by atoms with Gasteiger partial charge in [-0.05, 0) is 60.6 Å². The first-order valence-corrected chi connectivity index (χ1v) is 17.9. The van der Waals surface area contributed by atoms with Crippen LogP contribution in [-0.2, 0) is 46.5 Å². The van der Waals surface area contributed by atoms with Gasteiger partial charge in [0.25, 0.3) is 5.91 Å². The topological polar surface area (TPSA) is 156 Å². The minimum Gasteiger partial charge on any atom is -0.458 e. The molecule has 8 rings (SSSR count). The zero-order chi connectivity index (χ0) is 35.5.